The zero-order chi connectivity index (χ0) is 22.9. The van der Waals surface area contributed by atoms with Crippen molar-refractivity contribution in [3.63, 3.8) is 0 Å². The van der Waals surface area contributed by atoms with E-state index in [-0.39, 0.29) is 30.1 Å². The maximum atomic E-state index is 13.1. The van der Waals surface area contributed by atoms with Gasteiger partial charge in [0.2, 0.25) is 5.91 Å². The van der Waals surface area contributed by atoms with Gasteiger partial charge in [0.15, 0.2) is 17.2 Å². The first kappa shape index (κ1) is 21.4. The fourth-order valence-corrected chi connectivity index (χ4v) is 4.89. The fraction of sp³-hybridized carbons (Fsp3) is 0.458. The molecule has 3 aromatic rings. The molecule has 9 heteroatoms. The summed E-state index contributed by atoms with van der Waals surface area (Å²) < 4.78 is 6.30. The lowest BCUT2D eigenvalue weighted by Crippen LogP contribution is -2.35. The van der Waals surface area contributed by atoms with E-state index in [1.54, 1.807) is 31.6 Å². The number of amides is 1. The molecule has 0 spiro atoms. The van der Waals surface area contributed by atoms with E-state index >= 15 is 0 Å². The average Bonchev–Trinajstić information content (AvgIpc) is 3.48. The number of imidazole rings is 1. The molecule has 1 aliphatic heterocycles. The summed E-state index contributed by atoms with van der Waals surface area (Å²) in [5, 5.41) is 0. The van der Waals surface area contributed by atoms with Crippen LogP contribution in [0, 0.1) is 5.92 Å². The normalized spacial score (nSPS) is 20.2. The second-order valence-electron chi connectivity index (χ2n) is 8.97. The first-order chi connectivity index (χ1) is 16.0. The molecule has 2 atom stereocenters. The number of Topliss-reactive ketones (excluding diaryl/α,β-unsaturated/α-hetero) is 1. The number of benzene rings is 1. The van der Waals surface area contributed by atoms with Gasteiger partial charge in [0.05, 0.1) is 12.4 Å². The van der Waals surface area contributed by atoms with Crippen LogP contribution in [-0.4, -0.2) is 69.8 Å². The van der Waals surface area contributed by atoms with E-state index in [2.05, 4.69) is 24.8 Å². The molecule has 5 rings (SSSR count). The van der Waals surface area contributed by atoms with Gasteiger partial charge in [-0.2, -0.15) is 0 Å². The third kappa shape index (κ3) is 4.03. The fourth-order valence-electron chi connectivity index (χ4n) is 4.89. The molecule has 172 valence electrons. The van der Waals surface area contributed by atoms with E-state index in [0.717, 1.165) is 48.5 Å². The van der Waals surface area contributed by atoms with Crippen molar-refractivity contribution in [2.45, 2.75) is 38.1 Å². The Hall–Kier alpha value is -3.49. The van der Waals surface area contributed by atoms with Crippen LogP contribution < -0.4 is 9.64 Å². The van der Waals surface area contributed by atoms with Crippen molar-refractivity contribution in [2.24, 2.45) is 5.92 Å². The van der Waals surface area contributed by atoms with Gasteiger partial charge in [-0.3, -0.25) is 9.59 Å². The van der Waals surface area contributed by atoms with Gasteiger partial charge < -0.3 is 19.5 Å². The van der Waals surface area contributed by atoms with Crippen molar-refractivity contribution in [3.05, 3.63) is 42.0 Å². The van der Waals surface area contributed by atoms with E-state index in [4.69, 9.17) is 4.74 Å². The molecule has 0 bridgehead atoms. The van der Waals surface area contributed by atoms with Gasteiger partial charge in [-0.1, -0.05) is 12.1 Å². The van der Waals surface area contributed by atoms with Crippen LogP contribution >= 0.6 is 0 Å². The predicted octanol–water partition coefficient (Wildman–Crippen LogP) is 2.62. The largest absolute Gasteiger partial charge is 0.491 e. The number of ether oxygens (including phenoxy) is 1. The molecule has 0 saturated carbocycles. The van der Waals surface area contributed by atoms with Crippen LogP contribution in [0.5, 0.6) is 5.75 Å². The van der Waals surface area contributed by atoms with Crippen LogP contribution in [0.3, 0.4) is 0 Å². The Morgan fingerprint density at radius 1 is 1.24 bits per heavy atom. The van der Waals surface area contributed by atoms with Crippen LogP contribution in [-0.2, 0) is 11.2 Å². The number of aromatic nitrogens is 4. The Morgan fingerprint density at radius 2 is 2.12 bits per heavy atom. The summed E-state index contributed by atoms with van der Waals surface area (Å²) in [6.07, 6.45) is 6.90. The minimum absolute atomic E-state index is 0.0124. The summed E-state index contributed by atoms with van der Waals surface area (Å²) in [5.41, 5.74) is 3.14. The number of H-pyrrole nitrogens is 1. The van der Waals surface area contributed by atoms with Crippen molar-refractivity contribution >= 4 is 28.7 Å². The first-order valence-corrected chi connectivity index (χ1v) is 11.4. The van der Waals surface area contributed by atoms with Crippen LogP contribution in [0.4, 0.5) is 5.82 Å². The molecule has 2 aliphatic rings. The molecule has 1 aliphatic carbocycles. The Balaban J connectivity index is 1.31. The number of fused-ring (bicyclic) bond motifs is 2. The van der Waals surface area contributed by atoms with Gasteiger partial charge in [0.1, 0.15) is 24.2 Å². The van der Waals surface area contributed by atoms with Crippen LogP contribution in [0.15, 0.2) is 30.9 Å². The van der Waals surface area contributed by atoms with Crippen molar-refractivity contribution < 1.29 is 14.3 Å². The van der Waals surface area contributed by atoms with Crippen LogP contribution in [0.2, 0.25) is 0 Å². The number of anilines is 1. The lowest BCUT2D eigenvalue weighted by atomic mass is 9.80. The molecular formula is C24H28N6O3. The molecular weight excluding hydrogens is 420 g/mol. The standard InChI is InChI=1S/C24H28N6O3/c1-29(2)20(31)11-15-8-9-17-18(22(15)32)6-3-7-19(17)33-12-16-5-4-10-30(16)24-21-23(26-13-25-21)27-14-28-24/h3,6-7,13-16H,4-5,8-12H2,1-2H3,(H,25,26,27,28)/t15-,16+/m0/s1. The van der Waals surface area contributed by atoms with Gasteiger partial charge >= 0.3 is 0 Å². The molecule has 33 heavy (non-hydrogen) atoms. The third-order valence-corrected chi connectivity index (χ3v) is 6.72. The van der Waals surface area contributed by atoms with E-state index < -0.39 is 0 Å². The van der Waals surface area contributed by atoms with E-state index in [9.17, 15) is 9.59 Å². The van der Waals surface area contributed by atoms with Crippen molar-refractivity contribution in [1.82, 2.24) is 24.8 Å². The van der Waals surface area contributed by atoms with Gasteiger partial charge in [-0.15, -0.1) is 0 Å². The molecule has 1 amide bonds. The molecule has 1 aromatic carbocycles. The molecule has 1 N–H and O–H groups in total. The van der Waals surface area contributed by atoms with Gasteiger partial charge in [0.25, 0.3) is 0 Å². The number of carbonyl (C=O) groups is 2. The molecule has 0 radical (unpaired) electrons. The average molecular weight is 449 g/mol. The zero-order valence-corrected chi connectivity index (χ0v) is 19.0. The summed E-state index contributed by atoms with van der Waals surface area (Å²) in [5.74, 6) is 1.38. The summed E-state index contributed by atoms with van der Waals surface area (Å²) in [6, 6.07) is 5.84. The van der Waals surface area contributed by atoms with Crippen LogP contribution in [0.1, 0.15) is 41.6 Å². The highest BCUT2D eigenvalue weighted by Crippen LogP contribution is 2.35. The van der Waals surface area contributed by atoms with E-state index in [0.29, 0.717) is 24.2 Å². The predicted molar refractivity (Wildman–Crippen MR) is 123 cm³/mol. The van der Waals surface area contributed by atoms with Gasteiger partial charge in [-0.05, 0) is 31.7 Å². The highest BCUT2D eigenvalue weighted by Gasteiger charge is 2.32. The number of hydrogen-bond acceptors (Lipinski definition) is 7. The number of ketones is 1. The Kier molecular flexibility index (Phi) is 5.70. The SMILES string of the molecule is CN(C)C(=O)C[C@@H]1CCc2c(OC[C@H]3CCCN3c3ncnc4nc[nH]c34)cccc2C1=O. The number of aromatic amines is 1. The molecule has 1 saturated heterocycles. The van der Waals surface area contributed by atoms with E-state index in [1.165, 1.54) is 0 Å². The summed E-state index contributed by atoms with van der Waals surface area (Å²) in [6.45, 7) is 1.40. The van der Waals surface area contributed by atoms with Crippen molar-refractivity contribution in [3.8, 4) is 5.75 Å². The highest BCUT2D eigenvalue weighted by molar-refractivity contribution is 6.02. The molecule has 2 aromatic heterocycles. The monoisotopic (exact) mass is 448 g/mol. The zero-order valence-electron chi connectivity index (χ0n) is 19.0. The first-order valence-electron chi connectivity index (χ1n) is 11.4. The minimum Gasteiger partial charge on any atom is -0.491 e. The number of rotatable bonds is 6. The molecule has 0 unspecified atom stereocenters. The maximum Gasteiger partial charge on any atom is 0.222 e. The van der Waals surface area contributed by atoms with Gasteiger partial charge in [0, 0.05) is 44.1 Å². The quantitative estimate of drug-likeness (QED) is 0.618. The number of hydrogen-bond donors (Lipinski definition) is 1. The second-order valence-corrected chi connectivity index (χ2v) is 8.97. The number of carbonyl (C=O) groups excluding carboxylic acids is 2. The summed E-state index contributed by atoms with van der Waals surface area (Å²) >= 11 is 0. The minimum atomic E-state index is -0.262. The number of nitrogens with one attached hydrogen (secondary N) is 1. The van der Waals surface area contributed by atoms with Crippen molar-refractivity contribution in [1.29, 1.82) is 0 Å². The maximum absolute atomic E-state index is 13.1. The Labute approximate surface area is 192 Å². The lowest BCUT2D eigenvalue weighted by Gasteiger charge is -2.28. The highest BCUT2D eigenvalue weighted by atomic mass is 16.5. The topological polar surface area (TPSA) is 104 Å². The molecule has 9 nitrogen and oxygen atoms in total. The Bertz CT molecular complexity index is 1190. The second kappa shape index (κ2) is 8.80. The van der Waals surface area contributed by atoms with Crippen molar-refractivity contribution in [2.75, 3.05) is 32.1 Å². The summed E-state index contributed by atoms with van der Waals surface area (Å²) in [4.78, 5) is 45.1. The lowest BCUT2D eigenvalue weighted by molar-refractivity contribution is -0.129. The van der Waals surface area contributed by atoms with E-state index in [1.807, 2.05) is 18.2 Å². The smallest absolute Gasteiger partial charge is 0.222 e. The third-order valence-electron chi connectivity index (χ3n) is 6.72. The molecule has 1 fully saturated rings. The van der Waals surface area contributed by atoms with Gasteiger partial charge in [-0.25, -0.2) is 15.0 Å². The molecule has 3 heterocycles. The summed E-state index contributed by atoms with van der Waals surface area (Å²) in [7, 11) is 3.45. The number of nitrogens with zero attached hydrogens (tertiary/aromatic N) is 5. The van der Waals surface area contributed by atoms with Crippen LogP contribution in [0.25, 0.3) is 11.2 Å². The Morgan fingerprint density at radius 3 is 2.97 bits per heavy atom.